The van der Waals surface area contributed by atoms with Crippen LogP contribution in [0.5, 0.6) is 0 Å². The number of imide groups is 1. The van der Waals surface area contributed by atoms with Crippen LogP contribution in [0.2, 0.25) is 0 Å². The molecular formula is C19H23N3O3. The van der Waals surface area contributed by atoms with Gasteiger partial charge in [-0.2, -0.15) is 0 Å². The van der Waals surface area contributed by atoms with Crippen LogP contribution in [0, 0.1) is 11.3 Å². The molecule has 1 aromatic rings. The van der Waals surface area contributed by atoms with E-state index in [4.69, 9.17) is 0 Å². The number of carbonyl (C=O) groups excluding carboxylic acids is 3. The number of hydrogen-bond acceptors (Lipinski definition) is 4. The Morgan fingerprint density at radius 1 is 1.16 bits per heavy atom. The van der Waals surface area contributed by atoms with E-state index in [0.29, 0.717) is 5.69 Å². The Bertz CT molecular complexity index is 708. The number of hydrogen-bond donors (Lipinski definition) is 2. The molecule has 25 heavy (non-hydrogen) atoms. The molecule has 4 rings (SSSR count). The van der Waals surface area contributed by atoms with Gasteiger partial charge in [0, 0.05) is 24.4 Å². The van der Waals surface area contributed by atoms with Gasteiger partial charge in [0.1, 0.15) is 0 Å². The van der Waals surface area contributed by atoms with Gasteiger partial charge in [-0.1, -0.05) is 18.2 Å². The number of piperidine rings is 1. The predicted molar refractivity (Wildman–Crippen MR) is 92.5 cm³/mol. The van der Waals surface area contributed by atoms with Crippen molar-refractivity contribution < 1.29 is 14.4 Å². The first-order valence-corrected chi connectivity index (χ1v) is 9.02. The number of para-hydroxylation sites is 1. The monoisotopic (exact) mass is 341 g/mol. The van der Waals surface area contributed by atoms with Crippen LogP contribution in [0.4, 0.5) is 5.69 Å². The maximum atomic E-state index is 12.7. The zero-order valence-corrected chi connectivity index (χ0v) is 14.2. The van der Waals surface area contributed by atoms with E-state index >= 15 is 0 Å². The van der Waals surface area contributed by atoms with Crippen molar-refractivity contribution >= 4 is 23.4 Å². The van der Waals surface area contributed by atoms with Crippen LogP contribution in [-0.4, -0.2) is 35.7 Å². The Hall–Kier alpha value is -2.21. The molecule has 1 spiro atoms. The van der Waals surface area contributed by atoms with Gasteiger partial charge in [-0.25, -0.2) is 0 Å². The van der Waals surface area contributed by atoms with Gasteiger partial charge in [-0.15, -0.1) is 0 Å². The van der Waals surface area contributed by atoms with E-state index in [1.807, 2.05) is 24.3 Å². The van der Waals surface area contributed by atoms with Gasteiger partial charge in [0.25, 0.3) is 0 Å². The van der Waals surface area contributed by atoms with E-state index < -0.39 is 0 Å². The quantitative estimate of drug-likeness (QED) is 0.817. The normalized spacial score (nSPS) is 24.6. The lowest BCUT2D eigenvalue weighted by molar-refractivity contribution is -0.139. The molecule has 6 heteroatoms. The Morgan fingerprint density at radius 3 is 2.56 bits per heavy atom. The number of carbonyl (C=O) groups is 3. The molecule has 3 aliphatic rings. The Balaban J connectivity index is 1.45. The maximum Gasteiger partial charge on any atom is 0.229 e. The van der Waals surface area contributed by atoms with E-state index in [1.165, 1.54) is 4.90 Å². The fourth-order valence-electron chi connectivity index (χ4n) is 4.17. The Morgan fingerprint density at radius 2 is 1.84 bits per heavy atom. The molecule has 3 fully saturated rings. The maximum absolute atomic E-state index is 12.7. The minimum absolute atomic E-state index is 0.0634. The topological polar surface area (TPSA) is 78.5 Å². The van der Waals surface area contributed by atoms with Crippen molar-refractivity contribution in [2.45, 2.75) is 38.6 Å². The molecule has 6 nitrogen and oxygen atoms in total. The van der Waals surface area contributed by atoms with Crippen LogP contribution in [-0.2, 0) is 20.9 Å². The van der Waals surface area contributed by atoms with E-state index in [-0.39, 0.29) is 48.4 Å². The van der Waals surface area contributed by atoms with Crippen LogP contribution in [0.15, 0.2) is 24.3 Å². The van der Waals surface area contributed by atoms with Crippen molar-refractivity contribution in [2.24, 2.45) is 11.3 Å². The third-order valence-electron chi connectivity index (χ3n) is 5.86. The molecule has 1 atom stereocenters. The first-order chi connectivity index (χ1) is 12.1. The largest absolute Gasteiger partial charge is 0.326 e. The fourth-order valence-corrected chi connectivity index (χ4v) is 4.17. The number of benzene rings is 1. The first kappa shape index (κ1) is 16.3. The van der Waals surface area contributed by atoms with Gasteiger partial charge >= 0.3 is 0 Å². The number of anilines is 1. The number of amides is 3. The lowest BCUT2D eigenvalue weighted by atomic mass is 9.91. The average molecular weight is 341 g/mol. The van der Waals surface area contributed by atoms with Gasteiger partial charge in [0.05, 0.1) is 6.54 Å². The van der Waals surface area contributed by atoms with E-state index in [2.05, 4.69) is 10.6 Å². The lowest BCUT2D eigenvalue weighted by Crippen LogP contribution is -2.32. The van der Waals surface area contributed by atoms with E-state index in [9.17, 15) is 14.4 Å². The third kappa shape index (κ3) is 3.06. The highest BCUT2D eigenvalue weighted by atomic mass is 16.2. The van der Waals surface area contributed by atoms with Crippen molar-refractivity contribution in [3.63, 3.8) is 0 Å². The summed E-state index contributed by atoms with van der Waals surface area (Å²) in [5, 5.41) is 6.39. The summed E-state index contributed by atoms with van der Waals surface area (Å²) in [4.78, 5) is 37.7. The van der Waals surface area contributed by atoms with Crippen LogP contribution in [0.25, 0.3) is 0 Å². The molecule has 0 bridgehead atoms. The third-order valence-corrected chi connectivity index (χ3v) is 5.86. The van der Waals surface area contributed by atoms with Crippen LogP contribution in [0.3, 0.4) is 0 Å². The van der Waals surface area contributed by atoms with Crippen LogP contribution >= 0.6 is 0 Å². The number of nitrogens with zero attached hydrogens (tertiary/aromatic N) is 1. The lowest BCUT2D eigenvalue weighted by Gasteiger charge is -2.23. The van der Waals surface area contributed by atoms with Crippen molar-refractivity contribution in [1.82, 2.24) is 10.2 Å². The molecule has 132 valence electrons. The summed E-state index contributed by atoms with van der Waals surface area (Å²) < 4.78 is 0. The molecular weight excluding hydrogens is 318 g/mol. The molecule has 2 aliphatic heterocycles. The average Bonchev–Trinajstić information content (AvgIpc) is 3.22. The Labute approximate surface area is 147 Å². The van der Waals surface area contributed by atoms with Crippen molar-refractivity contribution in [1.29, 1.82) is 0 Å². The van der Waals surface area contributed by atoms with Crippen molar-refractivity contribution in [3.8, 4) is 0 Å². The second-order valence-electron chi connectivity index (χ2n) is 7.39. The summed E-state index contributed by atoms with van der Waals surface area (Å²) in [6.45, 7) is 2.20. The predicted octanol–water partition coefficient (Wildman–Crippen LogP) is 1.66. The van der Waals surface area contributed by atoms with Gasteiger partial charge in [0.2, 0.25) is 17.7 Å². The molecule has 1 unspecified atom stereocenters. The molecule has 2 N–H and O–H groups in total. The SMILES string of the molecule is O=C(Nc1ccccc1CN1C(=O)CCC1=O)C1CC12CCNCC2. The first-order valence-electron chi connectivity index (χ1n) is 9.02. The van der Waals surface area contributed by atoms with Gasteiger partial charge < -0.3 is 10.6 Å². The van der Waals surface area contributed by atoms with Gasteiger partial charge in [-0.3, -0.25) is 19.3 Å². The zero-order chi connectivity index (χ0) is 17.4. The number of nitrogens with one attached hydrogen (secondary N) is 2. The molecule has 0 radical (unpaired) electrons. The highest BCUT2D eigenvalue weighted by molar-refractivity contribution is 6.02. The molecule has 1 saturated carbocycles. The number of rotatable bonds is 4. The minimum Gasteiger partial charge on any atom is -0.326 e. The standard InChI is InChI=1S/C19H23N3O3/c23-16-5-6-17(24)22(16)12-13-3-1-2-4-15(13)21-18(25)14-11-19(14)7-9-20-10-8-19/h1-4,14,20H,5-12H2,(H,21,25). The van der Waals surface area contributed by atoms with Gasteiger partial charge in [-0.05, 0) is 49.4 Å². The Kier molecular flexibility index (Phi) is 4.07. The molecule has 2 heterocycles. The van der Waals surface area contributed by atoms with Crippen LogP contribution in [0.1, 0.15) is 37.7 Å². The summed E-state index contributed by atoms with van der Waals surface area (Å²) in [6.07, 6.45) is 3.65. The minimum atomic E-state index is -0.137. The van der Waals surface area contributed by atoms with E-state index in [1.54, 1.807) is 0 Å². The fraction of sp³-hybridized carbons (Fsp3) is 0.526. The molecule has 0 aromatic heterocycles. The highest BCUT2D eigenvalue weighted by Gasteiger charge is 2.57. The van der Waals surface area contributed by atoms with Crippen LogP contribution < -0.4 is 10.6 Å². The van der Waals surface area contributed by atoms with Crippen molar-refractivity contribution in [3.05, 3.63) is 29.8 Å². The molecule has 2 saturated heterocycles. The zero-order valence-electron chi connectivity index (χ0n) is 14.2. The molecule has 1 aliphatic carbocycles. The highest BCUT2D eigenvalue weighted by Crippen LogP contribution is 2.58. The molecule has 3 amide bonds. The summed E-state index contributed by atoms with van der Waals surface area (Å²) in [5.74, 6) is -0.130. The van der Waals surface area contributed by atoms with E-state index in [0.717, 1.165) is 37.9 Å². The summed E-state index contributed by atoms with van der Waals surface area (Å²) in [7, 11) is 0. The summed E-state index contributed by atoms with van der Waals surface area (Å²) in [5.41, 5.74) is 1.70. The smallest absolute Gasteiger partial charge is 0.229 e. The van der Waals surface area contributed by atoms with Gasteiger partial charge in [0.15, 0.2) is 0 Å². The summed E-state index contributed by atoms with van der Waals surface area (Å²) in [6, 6.07) is 7.43. The molecule has 1 aromatic carbocycles. The summed E-state index contributed by atoms with van der Waals surface area (Å²) >= 11 is 0. The van der Waals surface area contributed by atoms with Crippen molar-refractivity contribution in [2.75, 3.05) is 18.4 Å². The number of likely N-dealkylation sites (tertiary alicyclic amines) is 1. The second-order valence-corrected chi connectivity index (χ2v) is 7.39. The second kappa shape index (κ2) is 6.26.